The van der Waals surface area contributed by atoms with Crippen molar-refractivity contribution in [2.75, 3.05) is 26.0 Å². The molecule has 1 aliphatic heterocycles. The van der Waals surface area contributed by atoms with Crippen molar-refractivity contribution in [1.82, 2.24) is 9.47 Å². The molecule has 1 fully saturated rings. The molecule has 1 aliphatic rings. The van der Waals surface area contributed by atoms with Gasteiger partial charge in [-0.05, 0) is 36.8 Å². The molecule has 9 heteroatoms. The molecular formula is C21H26N2O6S. The van der Waals surface area contributed by atoms with E-state index in [1.807, 2.05) is 6.92 Å². The number of likely N-dealkylation sites (tertiary alicyclic amines) is 1. The van der Waals surface area contributed by atoms with Gasteiger partial charge in [0.05, 0.1) is 11.5 Å². The van der Waals surface area contributed by atoms with Crippen LogP contribution in [0.25, 0.3) is 5.69 Å². The van der Waals surface area contributed by atoms with E-state index in [-0.39, 0.29) is 22.7 Å². The fourth-order valence-electron chi connectivity index (χ4n) is 3.23. The van der Waals surface area contributed by atoms with Crippen LogP contribution >= 0.6 is 0 Å². The number of aromatic nitrogens is 1. The van der Waals surface area contributed by atoms with Crippen molar-refractivity contribution in [3.63, 3.8) is 0 Å². The molecule has 1 aromatic heterocycles. The van der Waals surface area contributed by atoms with E-state index in [2.05, 4.69) is 0 Å². The quantitative estimate of drug-likeness (QED) is 0.694. The monoisotopic (exact) mass is 434 g/mol. The average Bonchev–Trinajstić information content (AvgIpc) is 2.72. The summed E-state index contributed by atoms with van der Waals surface area (Å²) in [6.45, 7) is 3.47. The fourth-order valence-corrected chi connectivity index (χ4v) is 3.86. The van der Waals surface area contributed by atoms with Gasteiger partial charge in [-0.2, -0.15) is 0 Å². The number of hydrogen-bond acceptors (Lipinski definition) is 6. The standard InChI is InChI=1S/C21H26N2O6S/c1-3-14-28-21(25)22-11-8-17(9-12-22)29-18-10-13-23(20(24)15-18)16-4-6-19(7-5-16)30(2,26)27/h4-7,10,13,15,17H,3,8-9,11-12,14H2,1-2H3. The molecular weight excluding hydrogens is 408 g/mol. The molecule has 0 unspecified atom stereocenters. The van der Waals surface area contributed by atoms with Gasteiger partial charge < -0.3 is 14.4 Å². The molecule has 1 aromatic carbocycles. The molecule has 0 atom stereocenters. The van der Waals surface area contributed by atoms with Crippen LogP contribution in [0.5, 0.6) is 5.75 Å². The summed E-state index contributed by atoms with van der Waals surface area (Å²) in [5.74, 6) is 0.469. The van der Waals surface area contributed by atoms with Crippen LogP contribution in [0, 0.1) is 0 Å². The van der Waals surface area contributed by atoms with Crippen molar-refractivity contribution in [3.05, 3.63) is 52.9 Å². The van der Waals surface area contributed by atoms with Crippen molar-refractivity contribution in [3.8, 4) is 11.4 Å². The molecule has 0 N–H and O–H groups in total. The van der Waals surface area contributed by atoms with Crippen molar-refractivity contribution in [1.29, 1.82) is 0 Å². The highest BCUT2D eigenvalue weighted by molar-refractivity contribution is 7.90. The molecule has 1 amide bonds. The van der Waals surface area contributed by atoms with E-state index in [0.717, 1.165) is 12.7 Å². The predicted octanol–water partition coefficient (Wildman–Crippen LogP) is 2.63. The minimum Gasteiger partial charge on any atom is -0.490 e. The van der Waals surface area contributed by atoms with Gasteiger partial charge in [0.25, 0.3) is 5.56 Å². The fraction of sp³-hybridized carbons (Fsp3) is 0.429. The molecule has 2 aromatic rings. The van der Waals surface area contributed by atoms with Crippen LogP contribution in [0.15, 0.2) is 52.3 Å². The third-order valence-corrected chi connectivity index (χ3v) is 6.00. The first-order valence-corrected chi connectivity index (χ1v) is 11.8. The predicted molar refractivity (Wildman–Crippen MR) is 112 cm³/mol. The zero-order chi connectivity index (χ0) is 21.7. The second-order valence-corrected chi connectivity index (χ2v) is 9.27. The van der Waals surface area contributed by atoms with Gasteiger partial charge in [0.15, 0.2) is 9.84 Å². The molecule has 30 heavy (non-hydrogen) atoms. The number of nitrogens with zero attached hydrogens (tertiary/aromatic N) is 2. The topological polar surface area (TPSA) is 94.9 Å². The van der Waals surface area contributed by atoms with E-state index in [9.17, 15) is 18.0 Å². The maximum atomic E-state index is 12.5. The van der Waals surface area contributed by atoms with E-state index in [1.54, 1.807) is 29.3 Å². The van der Waals surface area contributed by atoms with Crippen molar-refractivity contribution in [2.45, 2.75) is 37.2 Å². The van der Waals surface area contributed by atoms with Gasteiger partial charge in [0, 0.05) is 50.1 Å². The summed E-state index contributed by atoms with van der Waals surface area (Å²) < 4.78 is 35.6. The van der Waals surface area contributed by atoms with Gasteiger partial charge in [-0.1, -0.05) is 6.92 Å². The zero-order valence-electron chi connectivity index (χ0n) is 17.1. The van der Waals surface area contributed by atoms with Crippen LogP contribution in [-0.4, -0.2) is 56.0 Å². The first kappa shape index (κ1) is 21.9. The summed E-state index contributed by atoms with van der Waals surface area (Å²) in [5.41, 5.74) is 0.290. The average molecular weight is 435 g/mol. The Morgan fingerprint density at radius 1 is 1.13 bits per heavy atom. The molecule has 0 radical (unpaired) electrons. The molecule has 0 aliphatic carbocycles. The summed E-state index contributed by atoms with van der Waals surface area (Å²) in [4.78, 5) is 26.3. The minimum absolute atomic E-state index is 0.0791. The SMILES string of the molecule is CCCOC(=O)N1CCC(Oc2ccn(-c3ccc(S(C)(=O)=O)cc3)c(=O)c2)CC1. The molecule has 162 valence electrons. The lowest BCUT2D eigenvalue weighted by Gasteiger charge is -2.31. The third kappa shape index (κ3) is 5.41. The summed E-state index contributed by atoms with van der Waals surface area (Å²) in [6, 6.07) is 9.24. The first-order valence-electron chi connectivity index (χ1n) is 9.89. The number of sulfone groups is 1. The van der Waals surface area contributed by atoms with Gasteiger partial charge >= 0.3 is 6.09 Å². The number of rotatable bonds is 6. The number of hydrogen-bond donors (Lipinski definition) is 0. The van der Waals surface area contributed by atoms with Gasteiger partial charge in [-0.3, -0.25) is 9.36 Å². The Bertz CT molecular complexity index is 1040. The van der Waals surface area contributed by atoms with Crippen molar-refractivity contribution >= 4 is 15.9 Å². The van der Waals surface area contributed by atoms with Gasteiger partial charge in [-0.15, -0.1) is 0 Å². The lowest BCUT2D eigenvalue weighted by molar-refractivity contribution is 0.0676. The number of ether oxygens (including phenoxy) is 2. The van der Waals surface area contributed by atoms with E-state index in [4.69, 9.17) is 9.47 Å². The Kier molecular flexibility index (Phi) is 6.81. The maximum absolute atomic E-state index is 12.5. The summed E-state index contributed by atoms with van der Waals surface area (Å²) >= 11 is 0. The third-order valence-electron chi connectivity index (χ3n) is 4.87. The summed E-state index contributed by atoms with van der Waals surface area (Å²) in [7, 11) is -3.29. The zero-order valence-corrected chi connectivity index (χ0v) is 17.9. The summed E-state index contributed by atoms with van der Waals surface area (Å²) in [5, 5.41) is 0. The largest absolute Gasteiger partial charge is 0.490 e. The van der Waals surface area contributed by atoms with Crippen LogP contribution in [0.4, 0.5) is 4.79 Å². The van der Waals surface area contributed by atoms with Gasteiger partial charge in [0.1, 0.15) is 11.9 Å². The van der Waals surface area contributed by atoms with E-state index in [0.29, 0.717) is 44.0 Å². The Morgan fingerprint density at radius 2 is 1.80 bits per heavy atom. The van der Waals surface area contributed by atoms with Crippen LogP contribution in [0.2, 0.25) is 0 Å². The van der Waals surface area contributed by atoms with E-state index < -0.39 is 9.84 Å². The number of piperidine rings is 1. The van der Waals surface area contributed by atoms with E-state index >= 15 is 0 Å². The Morgan fingerprint density at radius 3 is 2.37 bits per heavy atom. The van der Waals surface area contributed by atoms with Crippen LogP contribution in [-0.2, 0) is 14.6 Å². The second-order valence-electron chi connectivity index (χ2n) is 7.26. The molecule has 8 nitrogen and oxygen atoms in total. The molecule has 2 heterocycles. The van der Waals surface area contributed by atoms with Gasteiger partial charge in [-0.25, -0.2) is 13.2 Å². The normalized spacial score (nSPS) is 15.1. The lowest BCUT2D eigenvalue weighted by atomic mass is 10.1. The second kappa shape index (κ2) is 9.34. The molecule has 0 saturated carbocycles. The number of amides is 1. The molecule has 0 spiro atoms. The molecule has 1 saturated heterocycles. The Labute approximate surface area is 175 Å². The maximum Gasteiger partial charge on any atom is 0.409 e. The number of benzene rings is 1. The van der Waals surface area contributed by atoms with Gasteiger partial charge in [0.2, 0.25) is 0 Å². The first-order chi connectivity index (χ1) is 14.3. The van der Waals surface area contributed by atoms with Crippen LogP contribution < -0.4 is 10.3 Å². The lowest BCUT2D eigenvalue weighted by Crippen LogP contribution is -2.42. The van der Waals surface area contributed by atoms with Crippen molar-refractivity contribution in [2.24, 2.45) is 0 Å². The smallest absolute Gasteiger partial charge is 0.409 e. The molecule has 3 rings (SSSR count). The highest BCUT2D eigenvalue weighted by Gasteiger charge is 2.25. The minimum atomic E-state index is -3.29. The number of carbonyl (C=O) groups excluding carboxylic acids is 1. The Balaban J connectivity index is 1.61. The highest BCUT2D eigenvalue weighted by atomic mass is 32.2. The van der Waals surface area contributed by atoms with Crippen LogP contribution in [0.1, 0.15) is 26.2 Å². The summed E-state index contributed by atoms with van der Waals surface area (Å²) in [6.07, 6.45) is 4.49. The number of carbonyl (C=O) groups is 1. The molecule has 0 bridgehead atoms. The number of pyridine rings is 1. The highest BCUT2D eigenvalue weighted by Crippen LogP contribution is 2.19. The Hall–Kier alpha value is -2.81. The van der Waals surface area contributed by atoms with Crippen molar-refractivity contribution < 1.29 is 22.7 Å². The van der Waals surface area contributed by atoms with E-state index in [1.165, 1.54) is 22.8 Å². The van der Waals surface area contributed by atoms with Crippen LogP contribution in [0.3, 0.4) is 0 Å².